The van der Waals surface area contributed by atoms with E-state index in [1.54, 1.807) is 23.4 Å². The normalized spacial score (nSPS) is 16.5. The van der Waals surface area contributed by atoms with Gasteiger partial charge in [0.2, 0.25) is 0 Å². The van der Waals surface area contributed by atoms with Crippen LogP contribution in [0, 0.1) is 0 Å². The molecule has 4 heterocycles. The lowest BCUT2D eigenvalue weighted by Crippen LogP contribution is -2.41. The molecule has 0 fully saturated rings. The molecule has 4 rings (SSSR count). The molecular weight excluding hydrogens is 328 g/mol. The molecule has 7 nitrogen and oxygen atoms in total. The molecular formula is C19H22N6O. The highest BCUT2D eigenvalue weighted by Crippen LogP contribution is 2.34. The van der Waals surface area contributed by atoms with Crippen molar-refractivity contribution >= 4 is 5.91 Å². The van der Waals surface area contributed by atoms with Gasteiger partial charge in [-0.05, 0) is 24.1 Å². The lowest BCUT2D eigenvalue weighted by atomic mass is 9.96. The molecule has 26 heavy (non-hydrogen) atoms. The maximum Gasteiger partial charge on any atom is 0.272 e. The summed E-state index contributed by atoms with van der Waals surface area (Å²) < 4.78 is 1.69. The van der Waals surface area contributed by atoms with Gasteiger partial charge in [0.25, 0.3) is 5.91 Å². The molecule has 1 aliphatic heterocycles. The largest absolute Gasteiger partial charge is 0.348 e. The van der Waals surface area contributed by atoms with Crippen LogP contribution >= 0.6 is 0 Å². The third-order valence-corrected chi connectivity index (χ3v) is 4.84. The minimum absolute atomic E-state index is 0.0233. The molecule has 0 aromatic carbocycles. The Bertz CT molecular complexity index is 913. The average Bonchev–Trinajstić information content (AvgIpc) is 3.27. The van der Waals surface area contributed by atoms with Gasteiger partial charge in [-0.2, -0.15) is 5.10 Å². The van der Waals surface area contributed by atoms with E-state index in [1.807, 2.05) is 30.1 Å². The zero-order valence-electron chi connectivity index (χ0n) is 15.0. The molecule has 0 bridgehead atoms. The third-order valence-electron chi connectivity index (χ3n) is 4.84. The number of aromatic nitrogens is 5. The van der Waals surface area contributed by atoms with Gasteiger partial charge in [0.05, 0.1) is 17.7 Å². The van der Waals surface area contributed by atoms with Gasteiger partial charge in [0, 0.05) is 38.1 Å². The maximum atomic E-state index is 13.4. The fourth-order valence-corrected chi connectivity index (χ4v) is 3.62. The number of carbonyl (C=O) groups is 1. The van der Waals surface area contributed by atoms with Gasteiger partial charge in [0.15, 0.2) is 0 Å². The molecule has 0 unspecified atom stereocenters. The number of H-pyrrole nitrogens is 1. The Labute approximate surface area is 152 Å². The summed E-state index contributed by atoms with van der Waals surface area (Å²) in [4.78, 5) is 27.2. The average molecular weight is 350 g/mol. The minimum Gasteiger partial charge on any atom is -0.348 e. The highest BCUT2D eigenvalue weighted by Gasteiger charge is 2.35. The number of pyridine rings is 1. The van der Waals surface area contributed by atoms with E-state index in [0.717, 1.165) is 41.9 Å². The van der Waals surface area contributed by atoms with Crippen LogP contribution in [0.2, 0.25) is 0 Å². The smallest absolute Gasteiger partial charge is 0.272 e. The van der Waals surface area contributed by atoms with Crippen molar-refractivity contribution in [1.29, 1.82) is 0 Å². The molecule has 134 valence electrons. The van der Waals surface area contributed by atoms with Gasteiger partial charge >= 0.3 is 0 Å². The van der Waals surface area contributed by atoms with Gasteiger partial charge in [-0.15, -0.1) is 0 Å². The van der Waals surface area contributed by atoms with Crippen LogP contribution in [0.25, 0.3) is 0 Å². The van der Waals surface area contributed by atoms with Crippen LogP contribution in [0.15, 0.2) is 36.9 Å². The van der Waals surface area contributed by atoms with Crippen LogP contribution in [0.5, 0.6) is 0 Å². The summed E-state index contributed by atoms with van der Waals surface area (Å²) in [5, 5.41) is 4.48. The molecule has 0 aliphatic carbocycles. The fraction of sp³-hybridized carbons (Fsp3) is 0.368. The van der Waals surface area contributed by atoms with Crippen LogP contribution in [-0.4, -0.2) is 42.1 Å². The van der Waals surface area contributed by atoms with Crippen molar-refractivity contribution in [2.75, 3.05) is 6.54 Å². The van der Waals surface area contributed by atoms with Crippen LogP contribution in [0.3, 0.4) is 0 Å². The first-order valence-electron chi connectivity index (χ1n) is 8.95. The second kappa shape index (κ2) is 6.74. The Balaban J connectivity index is 1.74. The molecule has 1 aliphatic rings. The number of hydrogen-bond acceptors (Lipinski definition) is 4. The Morgan fingerprint density at radius 2 is 2.31 bits per heavy atom. The number of rotatable bonds is 4. The van der Waals surface area contributed by atoms with Crippen molar-refractivity contribution in [3.63, 3.8) is 0 Å². The van der Waals surface area contributed by atoms with Crippen LogP contribution in [-0.2, 0) is 19.9 Å². The lowest BCUT2D eigenvalue weighted by Gasteiger charge is -2.35. The summed E-state index contributed by atoms with van der Waals surface area (Å²) in [6.07, 6.45) is 7.88. The number of aryl methyl sites for hydroxylation is 2. The quantitative estimate of drug-likeness (QED) is 0.783. The van der Waals surface area contributed by atoms with E-state index in [2.05, 4.69) is 27.0 Å². The number of nitrogens with one attached hydrogen (secondary N) is 1. The summed E-state index contributed by atoms with van der Waals surface area (Å²) in [6, 6.07) is 5.55. The van der Waals surface area contributed by atoms with E-state index >= 15 is 0 Å². The summed E-state index contributed by atoms with van der Waals surface area (Å²) >= 11 is 0. The molecule has 1 atom stereocenters. The van der Waals surface area contributed by atoms with Crippen LogP contribution in [0.4, 0.5) is 0 Å². The highest BCUT2D eigenvalue weighted by molar-refractivity contribution is 5.93. The molecule has 0 saturated heterocycles. The number of amides is 1. The van der Waals surface area contributed by atoms with Crippen molar-refractivity contribution in [2.24, 2.45) is 7.05 Å². The first-order chi connectivity index (χ1) is 12.7. The molecule has 0 radical (unpaired) electrons. The zero-order chi connectivity index (χ0) is 18.1. The molecule has 0 spiro atoms. The monoisotopic (exact) mass is 350 g/mol. The van der Waals surface area contributed by atoms with Crippen molar-refractivity contribution in [2.45, 2.75) is 32.2 Å². The van der Waals surface area contributed by atoms with E-state index in [0.29, 0.717) is 12.2 Å². The van der Waals surface area contributed by atoms with Crippen molar-refractivity contribution < 1.29 is 4.79 Å². The predicted octanol–water partition coefficient (Wildman–Crippen LogP) is 2.28. The Hall–Kier alpha value is -2.96. The van der Waals surface area contributed by atoms with E-state index in [4.69, 9.17) is 0 Å². The van der Waals surface area contributed by atoms with Crippen molar-refractivity contribution in [3.05, 3.63) is 65.3 Å². The second-order valence-electron chi connectivity index (χ2n) is 6.60. The first-order valence-corrected chi connectivity index (χ1v) is 8.95. The third kappa shape index (κ3) is 2.79. The van der Waals surface area contributed by atoms with Gasteiger partial charge < -0.3 is 9.88 Å². The predicted molar refractivity (Wildman–Crippen MR) is 96.6 cm³/mol. The topological polar surface area (TPSA) is 79.7 Å². The summed E-state index contributed by atoms with van der Waals surface area (Å²) in [7, 11) is 1.83. The van der Waals surface area contributed by atoms with Crippen molar-refractivity contribution in [1.82, 2.24) is 29.6 Å². The molecule has 0 saturated carbocycles. The van der Waals surface area contributed by atoms with Gasteiger partial charge in [-0.1, -0.05) is 19.4 Å². The second-order valence-corrected chi connectivity index (χ2v) is 6.60. The van der Waals surface area contributed by atoms with E-state index in [1.165, 1.54) is 0 Å². The van der Waals surface area contributed by atoms with Gasteiger partial charge in [0.1, 0.15) is 11.7 Å². The summed E-state index contributed by atoms with van der Waals surface area (Å²) in [5.41, 5.74) is 4.51. The Kier molecular flexibility index (Phi) is 4.28. The Morgan fingerprint density at radius 1 is 1.42 bits per heavy atom. The van der Waals surface area contributed by atoms with E-state index in [9.17, 15) is 4.79 Å². The number of fused-ring (bicyclic) bond motifs is 1. The number of imidazole rings is 1. The maximum absolute atomic E-state index is 13.4. The SMILES string of the molecule is CCCc1cc(C(=O)N2CCc3[nH]cnc3[C@@H]2c2cccnc2)n(C)n1. The van der Waals surface area contributed by atoms with E-state index in [-0.39, 0.29) is 11.9 Å². The number of aromatic amines is 1. The first kappa shape index (κ1) is 16.5. The standard InChI is InChI=1S/C19H22N6O/c1-3-5-14-10-16(24(2)23-14)19(26)25-9-7-15-17(22-12-21-15)18(25)13-6-4-8-20-11-13/h4,6,8,10-12,18H,3,5,7,9H2,1-2H3,(H,21,22)/t18-/m0/s1. The Morgan fingerprint density at radius 3 is 3.08 bits per heavy atom. The van der Waals surface area contributed by atoms with Crippen LogP contribution in [0.1, 0.15) is 52.5 Å². The molecule has 3 aromatic heterocycles. The zero-order valence-corrected chi connectivity index (χ0v) is 15.0. The highest BCUT2D eigenvalue weighted by atomic mass is 16.2. The molecule has 7 heteroatoms. The lowest BCUT2D eigenvalue weighted by molar-refractivity contribution is 0.0679. The van der Waals surface area contributed by atoms with Crippen LogP contribution < -0.4 is 0 Å². The summed E-state index contributed by atoms with van der Waals surface area (Å²) in [6.45, 7) is 2.74. The number of nitrogens with zero attached hydrogens (tertiary/aromatic N) is 5. The number of carbonyl (C=O) groups excluding carboxylic acids is 1. The summed E-state index contributed by atoms with van der Waals surface area (Å²) in [5.74, 6) is -0.0233. The molecule has 3 aromatic rings. The fourth-order valence-electron chi connectivity index (χ4n) is 3.62. The van der Waals surface area contributed by atoms with Gasteiger partial charge in [-0.25, -0.2) is 4.98 Å². The minimum atomic E-state index is -0.240. The van der Waals surface area contributed by atoms with E-state index < -0.39 is 0 Å². The molecule has 1 amide bonds. The molecule has 1 N–H and O–H groups in total. The number of hydrogen-bond donors (Lipinski definition) is 1. The van der Waals surface area contributed by atoms with Crippen molar-refractivity contribution in [3.8, 4) is 0 Å². The van der Waals surface area contributed by atoms with Gasteiger partial charge in [-0.3, -0.25) is 14.5 Å².